The van der Waals surface area contributed by atoms with Crippen molar-refractivity contribution in [3.63, 3.8) is 0 Å². The number of fused-ring (bicyclic) bond motifs is 1. The largest absolute Gasteiger partial charge is 0.367 e. The van der Waals surface area contributed by atoms with Gasteiger partial charge in [-0.25, -0.2) is 0 Å². The van der Waals surface area contributed by atoms with Crippen molar-refractivity contribution in [2.75, 3.05) is 11.4 Å². The van der Waals surface area contributed by atoms with E-state index in [-0.39, 0.29) is 5.78 Å². The first-order chi connectivity index (χ1) is 8.74. The van der Waals surface area contributed by atoms with Crippen molar-refractivity contribution in [3.8, 4) is 0 Å². The maximum absolute atomic E-state index is 11.4. The Morgan fingerprint density at radius 2 is 2.28 bits per heavy atom. The predicted molar refractivity (Wildman–Crippen MR) is 75.5 cm³/mol. The van der Waals surface area contributed by atoms with Crippen LogP contribution in [-0.4, -0.2) is 12.3 Å². The summed E-state index contributed by atoms with van der Waals surface area (Å²) < 4.78 is 0. The quantitative estimate of drug-likeness (QED) is 0.784. The van der Waals surface area contributed by atoms with Crippen molar-refractivity contribution in [2.45, 2.75) is 19.9 Å². The zero-order valence-corrected chi connectivity index (χ0v) is 11.2. The summed E-state index contributed by atoms with van der Waals surface area (Å²) in [6, 6.07) is 8.25. The van der Waals surface area contributed by atoms with Crippen LogP contribution in [0.1, 0.15) is 28.4 Å². The predicted octanol–water partition coefficient (Wildman–Crippen LogP) is 3.51. The summed E-state index contributed by atoms with van der Waals surface area (Å²) >= 11 is 1.74. The number of benzene rings is 1. The van der Waals surface area contributed by atoms with Gasteiger partial charge in [-0.3, -0.25) is 4.79 Å². The van der Waals surface area contributed by atoms with Crippen molar-refractivity contribution in [1.29, 1.82) is 0 Å². The van der Waals surface area contributed by atoms with Gasteiger partial charge in [-0.05, 0) is 59.5 Å². The van der Waals surface area contributed by atoms with Gasteiger partial charge in [0.15, 0.2) is 5.78 Å². The Labute approximate surface area is 111 Å². The van der Waals surface area contributed by atoms with Gasteiger partial charge in [0, 0.05) is 24.3 Å². The Hall–Kier alpha value is -1.61. The van der Waals surface area contributed by atoms with E-state index in [0.29, 0.717) is 0 Å². The molecule has 2 aromatic rings. The molecule has 0 aliphatic carbocycles. The molecule has 0 atom stereocenters. The van der Waals surface area contributed by atoms with Crippen LogP contribution in [0.4, 0.5) is 5.69 Å². The molecule has 0 amide bonds. The number of anilines is 1. The highest BCUT2D eigenvalue weighted by atomic mass is 32.1. The van der Waals surface area contributed by atoms with E-state index in [0.717, 1.165) is 25.1 Å². The van der Waals surface area contributed by atoms with Gasteiger partial charge in [0.1, 0.15) is 0 Å². The molecule has 3 heteroatoms. The minimum Gasteiger partial charge on any atom is -0.367 e. The number of carbonyl (C=O) groups is 1. The van der Waals surface area contributed by atoms with Crippen molar-refractivity contribution < 1.29 is 4.79 Å². The van der Waals surface area contributed by atoms with E-state index in [1.807, 2.05) is 12.1 Å². The first-order valence-corrected chi connectivity index (χ1v) is 7.08. The molecule has 92 valence electrons. The molecule has 0 bridgehead atoms. The molecule has 0 fully saturated rings. The highest BCUT2D eigenvalue weighted by Gasteiger charge is 2.19. The smallest absolute Gasteiger partial charge is 0.159 e. The van der Waals surface area contributed by atoms with Crippen LogP contribution < -0.4 is 4.90 Å². The number of hydrogen-bond acceptors (Lipinski definition) is 3. The van der Waals surface area contributed by atoms with Crippen LogP contribution in [-0.2, 0) is 13.0 Å². The number of Topliss-reactive ketones (excluding diaryl/α,β-unsaturated/α-hetero) is 1. The summed E-state index contributed by atoms with van der Waals surface area (Å²) in [7, 11) is 0. The van der Waals surface area contributed by atoms with Crippen molar-refractivity contribution in [2.24, 2.45) is 0 Å². The number of nitrogens with zero attached hydrogens (tertiary/aromatic N) is 1. The fraction of sp³-hybridized carbons (Fsp3) is 0.267. The zero-order chi connectivity index (χ0) is 12.5. The summed E-state index contributed by atoms with van der Waals surface area (Å²) in [5.74, 6) is 0.147. The Bertz CT molecular complexity index is 574. The molecule has 0 saturated heterocycles. The van der Waals surface area contributed by atoms with Gasteiger partial charge in [-0.2, -0.15) is 11.3 Å². The van der Waals surface area contributed by atoms with E-state index in [1.54, 1.807) is 18.3 Å². The number of carbonyl (C=O) groups excluding carboxylic acids is 1. The average Bonchev–Trinajstić information content (AvgIpc) is 2.99. The van der Waals surface area contributed by atoms with Gasteiger partial charge in [0.2, 0.25) is 0 Å². The van der Waals surface area contributed by atoms with E-state index in [4.69, 9.17) is 0 Å². The molecule has 0 saturated carbocycles. The Kier molecular flexibility index (Phi) is 2.92. The van der Waals surface area contributed by atoms with Gasteiger partial charge < -0.3 is 4.90 Å². The lowest BCUT2D eigenvalue weighted by atomic mass is 10.1. The van der Waals surface area contributed by atoms with E-state index >= 15 is 0 Å². The Morgan fingerprint density at radius 1 is 1.39 bits per heavy atom. The molecular weight excluding hydrogens is 242 g/mol. The van der Waals surface area contributed by atoms with Gasteiger partial charge in [-0.1, -0.05) is 0 Å². The van der Waals surface area contributed by atoms with Crippen molar-refractivity contribution in [1.82, 2.24) is 0 Å². The highest BCUT2D eigenvalue weighted by molar-refractivity contribution is 7.07. The molecule has 1 aromatic carbocycles. The maximum atomic E-state index is 11.4. The molecule has 18 heavy (non-hydrogen) atoms. The maximum Gasteiger partial charge on any atom is 0.159 e. The minimum absolute atomic E-state index is 0.147. The highest BCUT2D eigenvalue weighted by Crippen LogP contribution is 2.30. The van der Waals surface area contributed by atoms with Crippen molar-refractivity contribution >= 4 is 22.8 Å². The lowest BCUT2D eigenvalue weighted by molar-refractivity contribution is 0.101. The van der Waals surface area contributed by atoms with Gasteiger partial charge >= 0.3 is 0 Å². The van der Waals surface area contributed by atoms with E-state index in [9.17, 15) is 4.79 Å². The van der Waals surface area contributed by atoms with Crippen LogP contribution in [0.25, 0.3) is 0 Å². The summed E-state index contributed by atoms with van der Waals surface area (Å²) in [5.41, 5.74) is 4.78. The van der Waals surface area contributed by atoms with Crippen LogP contribution in [0, 0.1) is 0 Å². The van der Waals surface area contributed by atoms with E-state index in [2.05, 4.69) is 27.8 Å². The molecule has 0 unspecified atom stereocenters. The molecule has 0 N–H and O–H groups in total. The number of ketones is 1. The van der Waals surface area contributed by atoms with Crippen LogP contribution >= 0.6 is 11.3 Å². The molecule has 0 radical (unpaired) electrons. The average molecular weight is 257 g/mol. The van der Waals surface area contributed by atoms with E-state index in [1.165, 1.54) is 16.8 Å². The molecule has 0 spiro atoms. The monoisotopic (exact) mass is 257 g/mol. The first-order valence-electron chi connectivity index (χ1n) is 6.14. The summed E-state index contributed by atoms with van der Waals surface area (Å²) in [6.07, 6.45) is 1.04. The summed E-state index contributed by atoms with van der Waals surface area (Å²) in [5, 5.41) is 4.31. The van der Waals surface area contributed by atoms with Crippen molar-refractivity contribution in [3.05, 3.63) is 51.7 Å². The second kappa shape index (κ2) is 4.58. The molecule has 1 aromatic heterocycles. The van der Waals surface area contributed by atoms with Crippen LogP contribution in [0.5, 0.6) is 0 Å². The first kappa shape index (κ1) is 11.5. The third kappa shape index (κ3) is 2.06. The molecule has 3 rings (SSSR count). The molecular formula is C15H15NOS. The molecule has 2 nitrogen and oxygen atoms in total. The molecule has 1 aliphatic heterocycles. The summed E-state index contributed by atoms with van der Waals surface area (Å²) in [6.45, 7) is 3.64. The Balaban J connectivity index is 1.86. The van der Waals surface area contributed by atoms with Crippen LogP contribution in [0.3, 0.4) is 0 Å². The topological polar surface area (TPSA) is 20.3 Å². The summed E-state index contributed by atoms with van der Waals surface area (Å²) in [4.78, 5) is 13.8. The lowest BCUT2D eigenvalue weighted by Gasteiger charge is -2.18. The lowest BCUT2D eigenvalue weighted by Crippen LogP contribution is -2.19. The Morgan fingerprint density at radius 3 is 3.00 bits per heavy atom. The third-order valence-electron chi connectivity index (χ3n) is 3.43. The second-order valence-electron chi connectivity index (χ2n) is 4.70. The fourth-order valence-electron chi connectivity index (χ4n) is 2.46. The van der Waals surface area contributed by atoms with Gasteiger partial charge in [0.25, 0.3) is 0 Å². The van der Waals surface area contributed by atoms with E-state index < -0.39 is 0 Å². The minimum atomic E-state index is 0.147. The van der Waals surface area contributed by atoms with Crippen LogP contribution in [0.15, 0.2) is 35.0 Å². The van der Waals surface area contributed by atoms with Gasteiger partial charge in [-0.15, -0.1) is 0 Å². The fourth-order valence-corrected chi connectivity index (χ4v) is 3.12. The molecule has 1 aliphatic rings. The third-order valence-corrected chi connectivity index (χ3v) is 4.16. The standard InChI is InChI=1S/C15H15NOS/c1-11(17)13-2-3-15-14(8-13)4-6-16(15)9-12-5-7-18-10-12/h2-3,5,7-8,10H,4,6,9H2,1H3. The SMILES string of the molecule is CC(=O)c1ccc2c(c1)CCN2Cc1ccsc1. The van der Waals surface area contributed by atoms with Crippen LogP contribution in [0.2, 0.25) is 0 Å². The zero-order valence-electron chi connectivity index (χ0n) is 10.3. The number of rotatable bonds is 3. The number of thiophene rings is 1. The van der Waals surface area contributed by atoms with Gasteiger partial charge in [0.05, 0.1) is 0 Å². The second-order valence-corrected chi connectivity index (χ2v) is 5.48. The molecule has 2 heterocycles. The number of hydrogen-bond donors (Lipinski definition) is 0. The normalized spacial score (nSPS) is 13.7.